The molecule has 1 saturated heterocycles. The number of carbonyl (C=O) groups is 2. The number of amides is 1. The molecule has 1 aromatic heterocycles. The van der Waals surface area contributed by atoms with Crippen LogP contribution in [0.2, 0.25) is 0 Å². The molecule has 2 heterocycles. The van der Waals surface area contributed by atoms with Gasteiger partial charge in [0, 0.05) is 41.4 Å². The molecule has 2 atom stereocenters. The zero-order valence-electron chi connectivity index (χ0n) is 21.7. The van der Waals surface area contributed by atoms with E-state index >= 15 is 0 Å². The molecule has 0 bridgehead atoms. The van der Waals surface area contributed by atoms with E-state index in [1.54, 1.807) is 13.1 Å². The first-order valence-electron chi connectivity index (χ1n) is 13.0. The van der Waals surface area contributed by atoms with Crippen molar-refractivity contribution in [2.75, 3.05) is 31.2 Å². The van der Waals surface area contributed by atoms with E-state index < -0.39 is 11.9 Å². The van der Waals surface area contributed by atoms with Crippen molar-refractivity contribution in [1.82, 2.24) is 10.3 Å². The number of nitrogens with zero attached hydrogens (tertiary/aromatic N) is 1. The number of rotatable bonds is 8. The largest absolute Gasteiger partial charge is 0.481 e. The van der Waals surface area contributed by atoms with Crippen LogP contribution in [0.1, 0.15) is 46.7 Å². The van der Waals surface area contributed by atoms with E-state index in [-0.39, 0.29) is 18.4 Å². The zero-order chi connectivity index (χ0) is 26.6. The Morgan fingerprint density at radius 3 is 2.53 bits per heavy atom. The number of morpholine rings is 1. The lowest BCUT2D eigenvalue weighted by Gasteiger charge is -2.33. The zero-order valence-corrected chi connectivity index (χ0v) is 21.7. The molecule has 5 rings (SSSR count). The number of hydrogen-bond acceptors (Lipinski definition) is 4. The smallest absolute Gasteiger partial charge is 0.310 e. The third kappa shape index (κ3) is 5.43. The van der Waals surface area contributed by atoms with Gasteiger partial charge in [0.05, 0.1) is 31.6 Å². The normalized spacial score (nSPS) is 15.3. The van der Waals surface area contributed by atoms with Crippen molar-refractivity contribution in [2.45, 2.75) is 32.2 Å². The molecule has 2 unspecified atom stereocenters. The first-order valence-corrected chi connectivity index (χ1v) is 13.0. The molecule has 0 saturated carbocycles. The summed E-state index contributed by atoms with van der Waals surface area (Å²) >= 11 is 0. The summed E-state index contributed by atoms with van der Waals surface area (Å²) in [7, 11) is 0. The average Bonchev–Trinajstić information content (AvgIpc) is 3.35. The van der Waals surface area contributed by atoms with Gasteiger partial charge in [-0.15, -0.1) is 0 Å². The molecule has 0 radical (unpaired) electrons. The SMILES string of the molecule is Cc1ccc(C(NC(=O)Cc2ccc3[nH]cc(C(C)C(=O)O)c3c2)c2ccccc2)c(N2CCOCC2)c1. The second-order valence-electron chi connectivity index (χ2n) is 9.93. The second kappa shape index (κ2) is 11.1. The third-order valence-electron chi connectivity index (χ3n) is 7.27. The van der Waals surface area contributed by atoms with Crippen LogP contribution in [0.3, 0.4) is 0 Å². The Kier molecular flexibility index (Phi) is 7.47. The van der Waals surface area contributed by atoms with E-state index in [0.717, 1.165) is 46.4 Å². The number of benzene rings is 3. The molecular weight excluding hydrogens is 478 g/mol. The van der Waals surface area contributed by atoms with Gasteiger partial charge in [0.2, 0.25) is 5.91 Å². The summed E-state index contributed by atoms with van der Waals surface area (Å²) in [6, 6.07) is 21.8. The van der Waals surface area contributed by atoms with Crippen molar-refractivity contribution in [3.8, 4) is 0 Å². The molecule has 4 aromatic rings. The van der Waals surface area contributed by atoms with Gasteiger partial charge < -0.3 is 25.0 Å². The number of nitrogens with one attached hydrogen (secondary N) is 2. The summed E-state index contributed by atoms with van der Waals surface area (Å²) in [5.41, 5.74) is 6.75. The van der Waals surface area contributed by atoms with Crippen LogP contribution in [0, 0.1) is 6.92 Å². The van der Waals surface area contributed by atoms with E-state index in [2.05, 4.69) is 40.3 Å². The Morgan fingerprint density at radius 2 is 1.79 bits per heavy atom. The second-order valence-corrected chi connectivity index (χ2v) is 9.93. The fraction of sp³-hybridized carbons (Fsp3) is 0.290. The Morgan fingerprint density at radius 1 is 1.03 bits per heavy atom. The Bertz CT molecular complexity index is 1440. The maximum absolute atomic E-state index is 13.5. The Hall–Kier alpha value is -4.10. The molecule has 0 aliphatic carbocycles. The van der Waals surface area contributed by atoms with Crippen molar-refractivity contribution in [1.29, 1.82) is 0 Å². The lowest BCUT2D eigenvalue weighted by molar-refractivity contribution is -0.138. The molecule has 1 fully saturated rings. The molecule has 1 aliphatic rings. The Balaban J connectivity index is 1.45. The van der Waals surface area contributed by atoms with Crippen LogP contribution < -0.4 is 10.2 Å². The first kappa shape index (κ1) is 25.5. The molecule has 3 N–H and O–H groups in total. The molecule has 7 nitrogen and oxygen atoms in total. The number of aromatic nitrogens is 1. The van der Waals surface area contributed by atoms with Crippen molar-refractivity contribution in [2.24, 2.45) is 0 Å². The number of hydrogen-bond donors (Lipinski definition) is 3. The van der Waals surface area contributed by atoms with E-state index in [1.165, 1.54) is 5.56 Å². The van der Waals surface area contributed by atoms with Crippen molar-refractivity contribution < 1.29 is 19.4 Å². The van der Waals surface area contributed by atoms with Gasteiger partial charge in [-0.3, -0.25) is 9.59 Å². The average molecular weight is 512 g/mol. The summed E-state index contributed by atoms with van der Waals surface area (Å²) in [6.45, 7) is 6.72. The van der Waals surface area contributed by atoms with Gasteiger partial charge in [-0.2, -0.15) is 0 Å². The highest BCUT2D eigenvalue weighted by Gasteiger charge is 2.24. The summed E-state index contributed by atoms with van der Waals surface area (Å²) in [5.74, 6) is -1.63. The van der Waals surface area contributed by atoms with Crippen molar-refractivity contribution in [3.05, 3.63) is 101 Å². The van der Waals surface area contributed by atoms with Crippen molar-refractivity contribution >= 4 is 28.5 Å². The molecule has 0 spiro atoms. The van der Waals surface area contributed by atoms with Crippen LogP contribution in [0.4, 0.5) is 5.69 Å². The number of ether oxygens (including phenoxy) is 1. The van der Waals surface area contributed by atoms with Gasteiger partial charge in [0.25, 0.3) is 0 Å². The van der Waals surface area contributed by atoms with E-state index in [9.17, 15) is 14.7 Å². The number of H-pyrrole nitrogens is 1. The third-order valence-corrected chi connectivity index (χ3v) is 7.27. The molecular formula is C31H33N3O4. The van der Waals surface area contributed by atoms with Gasteiger partial charge in [-0.05, 0) is 54.3 Å². The highest BCUT2D eigenvalue weighted by Crippen LogP contribution is 2.33. The number of fused-ring (bicyclic) bond motifs is 1. The number of aromatic amines is 1. The fourth-order valence-corrected chi connectivity index (χ4v) is 5.15. The minimum atomic E-state index is -0.881. The van der Waals surface area contributed by atoms with Crippen LogP contribution in [0.25, 0.3) is 10.9 Å². The topological polar surface area (TPSA) is 94.7 Å². The number of anilines is 1. The number of aryl methyl sites for hydroxylation is 1. The van der Waals surface area contributed by atoms with Crippen LogP contribution >= 0.6 is 0 Å². The number of carboxylic acid groups (broad SMARTS) is 1. The fourth-order valence-electron chi connectivity index (χ4n) is 5.15. The van der Waals surface area contributed by atoms with Crippen LogP contribution in [0.15, 0.2) is 72.9 Å². The number of carboxylic acids is 1. The molecule has 7 heteroatoms. The van der Waals surface area contributed by atoms with Gasteiger partial charge >= 0.3 is 5.97 Å². The van der Waals surface area contributed by atoms with Gasteiger partial charge in [0.1, 0.15) is 0 Å². The lowest BCUT2D eigenvalue weighted by atomic mass is 9.94. The predicted molar refractivity (Wildman–Crippen MR) is 149 cm³/mol. The Labute approximate surface area is 222 Å². The molecule has 38 heavy (non-hydrogen) atoms. The predicted octanol–water partition coefficient (Wildman–Crippen LogP) is 4.95. The van der Waals surface area contributed by atoms with Crippen molar-refractivity contribution in [3.63, 3.8) is 0 Å². The number of aliphatic carboxylic acids is 1. The van der Waals surface area contributed by atoms with E-state index in [0.29, 0.717) is 18.8 Å². The van der Waals surface area contributed by atoms with Gasteiger partial charge in [-0.1, -0.05) is 48.5 Å². The summed E-state index contributed by atoms with van der Waals surface area (Å²) in [5, 5.41) is 13.6. The molecule has 196 valence electrons. The summed E-state index contributed by atoms with van der Waals surface area (Å²) in [4.78, 5) is 30.5. The van der Waals surface area contributed by atoms with E-state index in [1.807, 2.05) is 48.5 Å². The van der Waals surface area contributed by atoms with Crippen LogP contribution in [0.5, 0.6) is 0 Å². The molecule has 1 amide bonds. The molecule has 3 aromatic carbocycles. The minimum Gasteiger partial charge on any atom is -0.481 e. The minimum absolute atomic E-state index is 0.102. The standard InChI is InChI=1S/C31H33N3O4/c1-20-8-10-24(28(16-20)34-12-14-38-15-13-34)30(23-6-4-3-5-7-23)33-29(35)18-22-9-11-27-25(17-22)26(19-32-27)21(2)31(36)37/h3-11,16-17,19,21,30,32H,12-15,18H2,1-2H3,(H,33,35)(H,36,37). The maximum atomic E-state index is 13.5. The van der Waals surface area contributed by atoms with Crippen LogP contribution in [-0.2, 0) is 20.7 Å². The highest BCUT2D eigenvalue weighted by molar-refractivity contribution is 5.90. The summed E-state index contributed by atoms with van der Waals surface area (Å²) in [6.07, 6.45) is 1.92. The van der Waals surface area contributed by atoms with Crippen LogP contribution in [-0.4, -0.2) is 48.3 Å². The highest BCUT2D eigenvalue weighted by atomic mass is 16.5. The lowest BCUT2D eigenvalue weighted by Crippen LogP contribution is -2.38. The quantitative estimate of drug-likeness (QED) is 0.311. The monoisotopic (exact) mass is 511 g/mol. The summed E-state index contributed by atoms with van der Waals surface area (Å²) < 4.78 is 5.58. The van der Waals surface area contributed by atoms with Gasteiger partial charge in [0.15, 0.2) is 0 Å². The first-order chi connectivity index (χ1) is 18.4. The van der Waals surface area contributed by atoms with Gasteiger partial charge in [-0.25, -0.2) is 0 Å². The number of carbonyl (C=O) groups excluding carboxylic acids is 1. The molecule has 1 aliphatic heterocycles. The maximum Gasteiger partial charge on any atom is 0.310 e. The van der Waals surface area contributed by atoms with E-state index in [4.69, 9.17) is 4.74 Å².